The average molecular weight is 353 g/mol. The lowest BCUT2D eigenvalue weighted by Gasteiger charge is -2.24. The summed E-state index contributed by atoms with van der Waals surface area (Å²) < 4.78 is 0. The van der Waals surface area contributed by atoms with Gasteiger partial charge in [-0.2, -0.15) is 0 Å². The monoisotopic (exact) mass is 353 g/mol. The zero-order valence-electron chi connectivity index (χ0n) is 16.1. The summed E-state index contributed by atoms with van der Waals surface area (Å²) in [4.78, 5) is 27.9. The minimum atomic E-state index is -0.281. The first kappa shape index (κ1) is 19.7. The molecule has 0 aliphatic carbocycles. The van der Waals surface area contributed by atoms with Crippen molar-refractivity contribution in [2.45, 2.75) is 26.4 Å². The molecular weight excluding hydrogens is 326 g/mol. The molecule has 0 bridgehead atoms. The van der Waals surface area contributed by atoms with Crippen LogP contribution >= 0.6 is 0 Å². The van der Waals surface area contributed by atoms with Gasteiger partial charge in [0.2, 0.25) is 5.91 Å². The Morgan fingerprint density at radius 3 is 2.04 bits per heavy atom. The Labute approximate surface area is 155 Å². The van der Waals surface area contributed by atoms with E-state index in [1.807, 2.05) is 33.0 Å². The van der Waals surface area contributed by atoms with Crippen LogP contribution in [-0.4, -0.2) is 43.8 Å². The fourth-order valence-corrected chi connectivity index (χ4v) is 2.56. The van der Waals surface area contributed by atoms with Crippen LogP contribution in [0.25, 0.3) is 0 Å². The van der Waals surface area contributed by atoms with Crippen molar-refractivity contribution in [1.82, 2.24) is 4.90 Å². The first-order chi connectivity index (χ1) is 12.3. The number of amides is 1. The van der Waals surface area contributed by atoms with Crippen LogP contribution in [0, 0.1) is 0 Å². The van der Waals surface area contributed by atoms with E-state index in [-0.39, 0.29) is 17.7 Å². The quantitative estimate of drug-likeness (QED) is 0.775. The summed E-state index contributed by atoms with van der Waals surface area (Å²) in [7, 11) is 5.95. The molecule has 2 aromatic rings. The van der Waals surface area contributed by atoms with Gasteiger partial charge in [0.15, 0.2) is 5.78 Å². The molecule has 5 heteroatoms. The molecule has 1 N–H and O–H groups in total. The Morgan fingerprint density at radius 1 is 0.962 bits per heavy atom. The zero-order valence-corrected chi connectivity index (χ0v) is 16.1. The summed E-state index contributed by atoms with van der Waals surface area (Å²) in [5.74, 6) is -0.0655. The molecular formula is C21H27N3O2. The van der Waals surface area contributed by atoms with Gasteiger partial charge in [0.05, 0.1) is 6.04 Å². The lowest BCUT2D eigenvalue weighted by atomic mass is 10.1. The highest BCUT2D eigenvalue weighted by molar-refractivity contribution is 5.96. The number of hydrogen-bond acceptors (Lipinski definition) is 4. The first-order valence-corrected chi connectivity index (χ1v) is 8.66. The van der Waals surface area contributed by atoms with E-state index in [2.05, 4.69) is 34.5 Å². The van der Waals surface area contributed by atoms with Gasteiger partial charge in [0, 0.05) is 37.6 Å². The van der Waals surface area contributed by atoms with Gasteiger partial charge in [0.1, 0.15) is 0 Å². The maximum Gasteiger partial charge on any atom is 0.241 e. The van der Waals surface area contributed by atoms with E-state index in [1.54, 1.807) is 24.3 Å². The Balaban J connectivity index is 1.94. The van der Waals surface area contributed by atoms with Crippen LogP contribution in [0.2, 0.25) is 0 Å². The maximum absolute atomic E-state index is 12.5. The lowest BCUT2D eigenvalue weighted by Crippen LogP contribution is -2.39. The Kier molecular flexibility index (Phi) is 6.52. The predicted molar refractivity (Wildman–Crippen MR) is 107 cm³/mol. The molecule has 0 aliphatic rings. The molecule has 0 spiro atoms. The fourth-order valence-electron chi connectivity index (χ4n) is 2.56. The summed E-state index contributed by atoms with van der Waals surface area (Å²) in [6, 6.07) is 15.0. The molecule has 0 heterocycles. The molecule has 1 atom stereocenters. The third-order valence-corrected chi connectivity index (χ3v) is 4.48. The predicted octanol–water partition coefficient (Wildman–Crippen LogP) is 3.41. The number of nitrogens with zero attached hydrogens (tertiary/aromatic N) is 2. The summed E-state index contributed by atoms with van der Waals surface area (Å²) in [6.07, 6.45) is 0. The van der Waals surface area contributed by atoms with Crippen molar-refractivity contribution >= 4 is 23.1 Å². The summed E-state index contributed by atoms with van der Waals surface area (Å²) in [6.45, 7) is 4.09. The van der Waals surface area contributed by atoms with Crippen LogP contribution in [0.4, 0.5) is 11.4 Å². The summed E-state index contributed by atoms with van der Waals surface area (Å²) in [5.41, 5.74) is 3.63. The second-order valence-electron chi connectivity index (χ2n) is 6.77. The van der Waals surface area contributed by atoms with Gasteiger partial charge in [-0.1, -0.05) is 12.1 Å². The molecule has 2 aromatic carbocycles. The molecule has 0 aromatic heterocycles. The Bertz CT molecular complexity index is 752. The van der Waals surface area contributed by atoms with Crippen molar-refractivity contribution in [3.63, 3.8) is 0 Å². The van der Waals surface area contributed by atoms with Crippen molar-refractivity contribution in [2.24, 2.45) is 0 Å². The number of likely N-dealkylation sites (N-methyl/N-ethyl adjacent to an activating group) is 1. The van der Waals surface area contributed by atoms with Crippen molar-refractivity contribution in [1.29, 1.82) is 0 Å². The van der Waals surface area contributed by atoms with Gasteiger partial charge in [0.25, 0.3) is 0 Å². The van der Waals surface area contributed by atoms with Crippen molar-refractivity contribution < 1.29 is 9.59 Å². The number of hydrogen-bond donors (Lipinski definition) is 1. The number of rotatable bonds is 7. The molecule has 138 valence electrons. The van der Waals surface area contributed by atoms with E-state index in [0.29, 0.717) is 17.8 Å². The van der Waals surface area contributed by atoms with Crippen LogP contribution < -0.4 is 10.2 Å². The third kappa shape index (κ3) is 5.17. The number of ketones is 1. The molecule has 26 heavy (non-hydrogen) atoms. The number of anilines is 2. The molecule has 0 saturated heterocycles. The number of carbonyl (C=O) groups excluding carboxylic acids is 2. The molecule has 5 nitrogen and oxygen atoms in total. The second-order valence-corrected chi connectivity index (χ2v) is 6.77. The third-order valence-electron chi connectivity index (χ3n) is 4.48. The van der Waals surface area contributed by atoms with Crippen molar-refractivity contribution in [3.05, 3.63) is 59.7 Å². The number of carbonyl (C=O) groups is 2. The normalized spacial score (nSPS) is 11.9. The largest absolute Gasteiger partial charge is 0.378 e. The Morgan fingerprint density at radius 2 is 1.54 bits per heavy atom. The number of nitrogens with one attached hydrogen (secondary N) is 1. The maximum atomic E-state index is 12.5. The molecule has 0 fully saturated rings. The van der Waals surface area contributed by atoms with Gasteiger partial charge in [-0.25, -0.2) is 0 Å². The van der Waals surface area contributed by atoms with Gasteiger partial charge in [-0.05, 0) is 62.9 Å². The van der Waals surface area contributed by atoms with Gasteiger partial charge >= 0.3 is 0 Å². The van der Waals surface area contributed by atoms with E-state index in [4.69, 9.17) is 0 Å². The van der Waals surface area contributed by atoms with Crippen molar-refractivity contribution in [3.8, 4) is 0 Å². The van der Waals surface area contributed by atoms with Crippen LogP contribution in [0.15, 0.2) is 48.5 Å². The van der Waals surface area contributed by atoms with Crippen LogP contribution in [0.1, 0.15) is 29.8 Å². The molecule has 0 radical (unpaired) electrons. The van der Waals surface area contributed by atoms with E-state index >= 15 is 0 Å². The highest BCUT2D eigenvalue weighted by Crippen LogP contribution is 2.15. The van der Waals surface area contributed by atoms with Gasteiger partial charge in [-0.15, -0.1) is 0 Å². The molecule has 2 rings (SSSR count). The Hall–Kier alpha value is -2.66. The molecule has 0 saturated carbocycles. The van der Waals surface area contributed by atoms with E-state index in [1.165, 1.54) is 6.92 Å². The van der Waals surface area contributed by atoms with Crippen LogP contribution in [0.5, 0.6) is 0 Å². The zero-order chi connectivity index (χ0) is 19.3. The number of benzene rings is 2. The van der Waals surface area contributed by atoms with E-state index < -0.39 is 0 Å². The minimum Gasteiger partial charge on any atom is -0.378 e. The van der Waals surface area contributed by atoms with Gasteiger partial charge in [-0.3, -0.25) is 14.5 Å². The SMILES string of the molecule is CC(=O)c1ccc(NC(=O)[C@@H](C)N(C)Cc2ccc(N(C)C)cc2)cc1. The highest BCUT2D eigenvalue weighted by Gasteiger charge is 2.18. The smallest absolute Gasteiger partial charge is 0.241 e. The molecule has 0 aliphatic heterocycles. The van der Waals surface area contributed by atoms with Gasteiger partial charge < -0.3 is 10.2 Å². The molecule has 1 amide bonds. The van der Waals surface area contributed by atoms with Crippen molar-refractivity contribution in [2.75, 3.05) is 31.4 Å². The standard InChI is InChI=1S/C21H27N3O2/c1-15(21(26)22-19-10-8-18(9-11-19)16(2)25)24(5)14-17-6-12-20(13-7-17)23(3)4/h6-13,15H,14H2,1-5H3,(H,22,26)/t15-/m1/s1. The van der Waals surface area contributed by atoms with E-state index in [9.17, 15) is 9.59 Å². The first-order valence-electron chi connectivity index (χ1n) is 8.66. The molecule has 0 unspecified atom stereocenters. The fraction of sp³-hybridized carbons (Fsp3) is 0.333. The average Bonchev–Trinajstić information content (AvgIpc) is 2.61. The second kappa shape index (κ2) is 8.63. The summed E-state index contributed by atoms with van der Waals surface area (Å²) in [5, 5.41) is 2.90. The summed E-state index contributed by atoms with van der Waals surface area (Å²) >= 11 is 0. The minimum absolute atomic E-state index is 0.0104. The number of Topliss-reactive ketones (excluding diaryl/α,β-unsaturated/α-hetero) is 1. The van der Waals surface area contributed by atoms with Crippen LogP contribution in [0.3, 0.4) is 0 Å². The van der Waals surface area contributed by atoms with E-state index in [0.717, 1.165) is 11.3 Å². The topological polar surface area (TPSA) is 52.7 Å². The highest BCUT2D eigenvalue weighted by atomic mass is 16.2. The van der Waals surface area contributed by atoms with Crippen LogP contribution in [-0.2, 0) is 11.3 Å². The lowest BCUT2D eigenvalue weighted by molar-refractivity contribution is -0.120.